The molecule has 1 N–H and O–H groups in total. The van der Waals surface area contributed by atoms with E-state index in [1.165, 1.54) is 18.2 Å². The van der Waals surface area contributed by atoms with Gasteiger partial charge in [0.1, 0.15) is 5.60 Å². The number of sulfonamides is 1. The second kappa shape index (κ2) is 10.5. The number of nitrogens with one attached hydrogen (secondary N) is 1. The Hall–Kier alpha value is -2.32. The first kappa shape index (κ1) is 27.9. The van der Waals surface area contributed by atoms with Gasteiger partial charge >= 0.3 is 18.1 Å². The maximum atomic E-state index is 12.5. The van der Waals surface area contributed by atoms with Crippen molar-refractivity contribution in [2.24, 2.45) is 0 Å². The number of rotatable bonds is 8. The molecule has 0 saturated carbocycles. The van der Waals surface area contributed by atoms with Crippen molar-refractivity contribution in [2.75, 3.05) is 24.2 Å². The molecule has 0 radical (unpaired) electrons. The molecular formula is C20H21BrF3NO7S2. The van der Waals surface area contributed by atoms with E-state index in [2.05, 4.69) is 15.9 Å². The van der Waals surface area contributed by atoms with Crippen molar-refractivity contribution in [1.29, 1.82) is 0 Å². The van der Waals surface area contributed by atoms with Crippen LogP contribution < -0.4 is 9.46 Å². The number of benzene rings is 1. The highest BCUT2D eigenvalue weighted by Gasteiger charge is 2.35. The lowest BCUT2D eigenvalue weighted by Crippen LogP contribution is -2.27. The first-order valence-electron chi connectivity index (χ1n) is 9.44. The predicted octanol–water partition coefficient (Wildman–Crippen LogP) is 4.99. The first-order valence-corrected chi connectivity index (χ1v) is 12.7. The van der Waals surface area contributed by atoms with Gasteiger partial charge in [-0.25, -0.2) is 18.0 Å². The molecule has 188 valence electrons. The van der Waals surface area contributed by atoms with Gasteiger partial charge in [-0.15, -0.1) is 11.3 Å². The van der Waals surface area contributed by atoms with Crippen LogP contribution >= 0.6 is 27.3 Å². The fourth-order valence-electron chi connectivity index (χ4n) is 2.59. The van der Waals surface area contributed by atoms with E-state index in [9.17, 15) is 31.2 Å². The van der Waals surface area contributed by atoms with Crippen LogP contribution in [0, 0.1) is 0 Å². The fourth-order valence-corrected chi connectivity index (χ4v) is 5.55. The Morgan fingerprint density at radius 2 is 1.82 bits per heavy atom. The van der Waals surface area contributed by atoms with Crippen LogP contribution in [0.5, 0.6) is 5.75 Å². The zero-order valence-electron chi connectivity index (χ0n) is 18.4. The van der Waals surface area contributed by atoms with Gasteiger partial charge in [0.25, 0.3) is 0 Å². The summed E-state index contributed by atoms with van der Waals surface area (Å²) in [7, 11) is -3.53. The molecule has 0 unspecified atom stereocenters. The molecule has 0 atom stereocenters. The second-order valence-electron chi connectivity index (χ2n) is 7.83. The summed E-state index contributed by atoms with van der Waals surface area (Å²) in [5.74, 6) is -3.47. The van der Waals surface area contributed by atoms with Crippen LogP contribution in [0.3, 0.4) is 0 Å². The number of esters is 2. The number of alkyl halides is 3. The van der Waals surface area contributed by atoms with Gasteiger partial charge in [-0.3, -0.25) is 4.72 Å². The average Bonchev–Trinajstić information content (AvgIpc) is 2.98. The number of carbonyl (C=O) groups is 2. The summed E-state index contributed by atoms with van der Waals surface area (Å²) >= 11 is 4.23. The summed E-state index contributed by atoms with van der Waals surface area (Å²) in [5, 5.41) is 0. The van der Waals surface area contributed by atoms with Gasteiger partial charge in [-0.2, -0.15) is 13.2 Å². The Bertz CT molecular complexity index is 1170. The summed E-state index contributed by atoms with van der Waals surface area (Å²) in [5.41, 5.74) is -0.498. The lowest BCUT2D eigenvalue weighted by molar-refractivity contribution is -0.157. The van der Waals surface area contributed by atoms with Crippen molar-refractivity contribution in [2.45, 2.75) is 32.5 Å². The van der Waals surface area contributed by atoms with Crippen LogP contribution in [0.2, 0.25) is 0 Å². The molecule has 0 amide bonds. The Balaban J connectivity index is 2.38. The Morgan fingerprint density at radius 1 is 1.18 bits per heavy atom. The number of carbonyl (C=O) groups excluding carboxylic acids is 2. The Labute approximate surface area is 206 Å². The number of halogens is 4. The van der Waals surface area contributed by atoms with Gasteiger partial charge < -0.3 is 14.2 Å². The van der Waals surface area contributed by atoms with Gasteiger partial charge in [-0.1, -0.05) is 12.1 Å². The summed E-state index contributed by atoms with van der Waals surface area (Å²) < 4.78 is 78.7. The Morgan fingerprint density at radius 3 is 2.38 bits per heavy atom. The molecule has 2 rings (SSSR count). The third-order valence-corrected chi connectivity index (χ3v) is 7.16. The summed E-state index contributed by atoms with van der Waals surface area (Å²) in [6, 6.07) is 5.55. The van der Waals surface area contributed by atoms with Crippen LogP contribution in [0.15, 0.2) is 28.7 Å². The number of hydrogen-bond donors (Lipinski definition) is 1. The minimum absolute atomic E-state index is 0.000708. The molecule has 0 aliphatic rings. The van der Waals surface area contributed by atoms with Crippen LogP contribution in [0.1, 0.15) is 30.4 Å². The zero-order valence-corrected chi connectivity index (χ0v) is 21.6. The van der Waals surface area contributed by atoms with Crippen LogP contribution in [-0.2, 0) is 24.3 Å². The molecule has 0 saturated heterocycles. The molecule has 34 heavy (non-hydrogen) atoms. The molecule has 0 spiro atoms. The minimum Gasteiger partial charge on any atom is -0.479 e. The highest BCUT2D eigenvalue weighted by molar-refractivity contribution is 9.10. The maximum Gasteiger partial charge on any atom is 0.404 e. The lowest BCUT2D eigenvalue weighted by Gasteiger charge is -2.19. The predicted molar refractivity (Wildman–Crippen MR) is 124 cm³/mol. The van der Waals surface area contributed by atoms with Gasteiger partial charge in [0, 0.05) is 5.69 Å². The summed E-state index contributed by atoms with van der Waals surface area (Å²) in [6.45, 7) is 4.53. The van der Waals surface area contributed by atoms with E-state index < -0.39 is 46.1 Å². The molecule has 1 aromatic heterocycles. The van der Waals surface area contributed by atoms with Crippen molar-refractivity contribution in [3.63, 3.8) is 0 Å². The lowest BCUT2D eigenvalue weighted by atomic mass is 10.1. The SMILES string of the molecule is COC(=O)c1sc(-c2cccc(NS(=O)(=O)CC(F)(F)F)c2)c(Br)c1OCC(=O)OC(C)(C)C. The molecule has 8 nitrogen and oxygen atoms in total. The number of ether oxygens (including phenoxy) is 3. The van der Waals surface area contributed by atoms with Crippen molar-refractivity contribution in [3.05, 3.63) is 33.6 Å². The zero-order chi connectivity index (χ0) is 25.9. The van der Waals surface area contributed by atoms with E-state index in [-0.39, 0.29) is 20.8 Å². The highest BCUT2D eigenvalue weighted by Crippen LogP contribution is 2.46. The smallest absolute Gasteiger partial charge is 0.404 e. The van der Waals surface area contributed by atoms with E-state index in [4.69, 9.17) is 14.2 Å². The minimum atomic E-state index is -4.91. The van der Waals surface area contributed by atoms with Gasteiger partial charge in [0.05, 0.1) is 16.5 Å². The van der Waals surface area contributed by atoms with Crippen molar-refractivity contribution < 1.29 is 45.4 Å². The van der Waals surface area contributed by atoms with Crippen LogP contribution in [-0.4, -0.2) is 51.6 Å². The highest BCUT2D eigenvalue weighted by atomic mass is 79.9. The molecule has 1 aromatic carbocycles. The number of hydrogen-bond acceptors (Lipinski definition) is 8. The van der Waals surface area contributed by atoms with Gasteiger partial charge in [0.15, 0.2) is 23.0 Å². The average molecular weight is 588 g/mol. The molecular weight excluding hydrogens is 567 g/mol. The van der Waals surface area contributed by atoms with E-state index >= 15 is 0 Å². The Kier molecular flexibility index (Phi) is 8.64. The van der Waals surface area contributed by atoms with Crippen LogP contribution in [0.25, 0.3) is 10.4 Å². The van der Waals surface area contributed by atoms with E-state index in [1.54, 1.807) is 26.8 Å². The van der Waals surface area contributed by atoms with E-state index in [1.807, 2.05) is 4.72 Å². The standard InChI is InChI=1S/C20H21BrF3NO7S2/c1-19(2,3)32-13(26)9-31-15-14(21)16(33-17(15)18(27)30-4)11-6-5-7-12(8-11)25-34(28,29)10-20(22,23)24/h5-8,25H,9-10H2,1-4H3. The molecule has 0 bridgehead atoms. The number of thiophene rings is 1. The molecule has 2 aromatic rings. The van der Waals surface area contributed by atoms with Gasteiger partial charge in [-0.05, 0) is 54.4 Å². The third-order valence-electron chi connectivity index (χ3n) is 3.69. The van der Waals surface area contributed by atoms with E-state index in [0.717, 1.165) is 18.4 Å². The largest absolute Gasteiger partial charge is 0.479 e. The summed E-state index contributed by atoms with van der Waals surface area (Å²) in [4.78, 5) is 24.7. The second-order valence-corrected chi connectivity index (χ2v) is 11.4. The summed E-state index contributed by atoms with van der Waals surface area (Å²) in [6.07, 6.45) is -4.91. The van der Waals surface area contributed by atoms with Crippen molar-refractivity contribution in [1.82, 2.24) is 0 Å². The number of anilines is 1. The van der Waals surface area contributed by atoms with Crippen LogP contribution in [0.4, 0.5) is 18.9 Å². The van der Waals surface area contributed by atoms with Gasteiger partial charge in [0.2, 0.25) is 10.0 Å². The molecule has 14 heteroatoms. The fraction of sp³-hybridized carbons (Fsp3) is 0.400. The molecule has 0 aliphatic carbocycles. The number of methoxy groups -OCH3 is 1. The molecule has 0 fully saturated rings. The monoisotopic (exact) mass is 587 g/mol. The van der Waals surface area contributed by atoms with E-state index in [0.29, 0.717) is 10.4 Å². The maximum absolute atomic E-state index is 12.5. The molecule has 0 aliphatic heterocycles. The topological polar surface area (TPSA) is 108 Å². The normalized spacial score (nSPS) is 12.2. The third kappa shape index (κ3) is 8.17. The van der Waals surface area contributed by atoms with Crippen molar-refractivity contribution in [3.8, 4) is 16.2 Å². The quantitative estimate of drug-likeness (QED) is 0.433. The van der Waals surface area contributed by atoms with Crippen molar-refractivity contribution >= 4 is 54.9 Å². The first-order chi connectivity index (χ1) is 15.5. The molecule has 1 heterocycles.